The van der Waals surface area contributed by atoms with Gasteiger partial charge in [0.1, 0.15) is 5.02 Å². The average Bonchev–Trinajstić information content (AvgIpc) is 3.19. The first-order valence-corrected chi connectivity index (χ1v) is 10.7. The standard InChI is InChI=1S/C21H21ClF4N6O3/c1-12(33)27-4-5-29-18(34)7-17-14-10-32(31-16(14)2-3-28-17)9-13-6-15(22)19(30-8-13)35-11-21(25,26)20(23)24/h2-3,6,8,10,20H,4-5,7,9,11H2,1H3,(H,27,33)(H,29,34). The van der Waals surface area contributed by atoms with Gasteiger partial charge >= 0.3 is 12.3 Å². The average molecular weight is 517 g/mol. The molecule has 188 valence electrons. The van der Waals surface area contributed by atoms with Crippen molar-refractivity contribution in [2.75, 3.05) is 19.7 Å². The fraction of sp³-hybridized carbons (Fsp3) is 0.381. The van der Waals surface area contributed by atoms with Crippen LogP contribution in [0.3, 0.4) is 0 Å². The molecular weight excluding hydrogens is 496 g/mol. The number of carbonyl (C=O) groups excluding carboxylic acids is 2. The Balaban J connectivity index is 1.65. The predicted octanol–water partition coefficient (Wildman–Crippen LogP) is 2.60. The van der Waals surface area contributed by atoms with Gasteiger partial charge in [0.2, 0.25) is 17.7 Å². The maximum atomic E-state index is 13.0. The lowest BCUT2D eigenvalue weighted by Crippen LogP contribution is -2.34. The summed E-state index contributed by atoms with van der Waals surface area (Å²) in [5.41, 5.74) is 1.64. The molecule has 2 amide bonds. The molecule has 0 aliphatic heterocycles. The zero-order valence-corrected chi connectivity index (χ0v) is 19.2. The van der Waals surface area contributed by atoms with Gasteiger partial charge < -0.3 is 15.4 Å². The number of nitrogens with one attached hydrogen (secondary N) is 2. The SMILES string of the molecule is CC(=O)NCCNC(=O)Cc1nccc2nn(Cc3cnc(OCC(F)(F)C(F)F)c(Cl)c3)cc12. The number of nitrogens with zero attached hydrogens (tertiary/aromatic N) is 4. The largest absolute Gasteiger partial charge is 0.470 e. The molecule has 0 atom stereocenters. The molecule has 0 fully saturated rings. The second-order valence-electron chi connectivity index (χ2n) is 7.51. The van der Waals surface area contributed by atoms with Crippen LogP contribution in [0.1, 0.15) is 18.2 Å². The molecule has 0 spiro atoms. The topological polar surface area (TPSA) is 111 Å². The van der Waals surface area contributed by atoms with Crippen molar-refractivity contribution < 1.29 is 31.9 Å². The summed E-state index contributed by atoms with van der Waals surface area (Å²) in [6.07, 6.45) is 0.647. The summed E-state index contributed by atoms with van der Waals surface area (Å²) < 4.78 is 56.8. The molecule has 0 aliphatic rings. The molecule has 3 heterocycles. The monoisotopic (exact) mass is 516 g/mol. The van der Waals surface area contributed by atoms with Crippen molar-refractivity contribution in [3.63, 3.8) is 0 Å². The highest BCUT2D eigenvalue weighted by molar-refractivity contribution is 6.31. The number of hydrogen-bond acceptors (Lipinski definition) is 6. The molecule has 9 nitrogen and oxygen atoms in total. The van der Waals surface area contributed by atoms with Crippen LogP contribution in [0.25, 0.3) is 10.9 Å². The summed E-state index contributed by atoms with van der Waals surface area (Å²) in [7, 11) is 0. The summed E-state index contributed by atoms with van der Waals surface area (Å²) in [6.45, 7) is 0.607. The van der Waals surface area contributed by atoms with Crippen LogP contribution in [0.4, 0.5) is 17.6 Å². The van der Waals surface area contributed by atoms with Gasteiger partial charge in [-0.1, -0.05) is 11.6 Å². The highest BCUT2D eigenvalue weighted by Gasteiger charge is 2.42. The Bertz CT molecular complexity index is 1210. The second kappa shape index (κ2) is 11.3. The number of halogens is 5. The van der Waals surface area contributed by atoms with Gasteiger partial charge in [-0.15, -0.1) is 0 Å². The number of amides is 2. The lowest BCUT2D eigenvalue weighted by atomic mass is 10.2. The zero-order valence-electron chi connectivity index (χ0n) is 18.4. The van der Waals surface area contributed by atoms with Gasteiger partial charge in [0.15, 0.2) is 6.61 Å². The molecule has 0 saturated heterocycles. The van der Waals surface area contributed by atoms with E-state index in [0.29, 0.717) is 28.7 Å². The predicted molar refractivity (Wildman–Crippen MR) is 118 cm³/mol. The summed E-state index contributed by atoms with van der Waals surface area (Å²) in [5.74, 6) is -5.18. The molecule has 0 aromatic carbocycles. The number of aromatic nitrogens is 4. The first-order chi connectivity index (χ1) is 16.5. The van der Waals surface area contributed by atoms with Gasteiger partial charge in [0.25, 0.3) is 0 Å². The van der Waals surface area contributed by atoms with Crippen LogP contribution in [0.15, 0.2) is 30.7 Å². The minimum absolute atomic E-state index is 0.00573. The number of alkyl halides is 4. The van der Waals surface area contributed by atoms with E-state index < -0.39 is 24.8 Å². The number of ether oxygens (including phenoxy) is 1. The van der Waals surface area contributed by atoms with E-state index in [1.54, 1.807) is 16.9 Å². The molecule has 0 aliphatic carbocycles. The smallest absolute Gasteiger partial charge is 0.340 e. The summed E-state index contributed by atoms with van der Waals surface area (Å²) in [5, 5.41) is 10.2. The van der Waals surface area contributed by atoms with E-state index in [-0.39, 0.29) is 36.3 Å². The summed E-state index contributed by atoms with van der Waals surface area (Å²) >= 11 is 6.01. The quantitative estimate of drug-likeness (QED) is 0.299. The molecule has 0 radical (unpaired) electrons. The fourth-order valence-corrected chi connectivity index (χ4v) is 3.24. The third kappa shape index (κ3) is 7.25. The lowest BCUT2D eigenvalue weighted by Gasteiger charge is -2.16. The molecule has 3 aromatic rings. The summed E-state index contributed by atoms with van der Waals surface area (Å²) in [4.78, 5) is 31.2. The van der Waals surface area contributed by atoms with Crippen LogP contribution in [0.2, 0.25) is 5.02 Å². The van der Waals surface area contributed by atoms with E-state index >= 15 is 0 Å². The molecule has 0 saturated carbocycles. The van der Waals surface area contributed by atoms with E-state index in [2.05, 4.69) is 30.4 Å². The molecule has 35 heavy (non-hydrogen) atoms. The first kappa shape index (κ1) is 26.1. The third-order valence-corrected chi connectivity index (χ3v) is 4.91. The van der Waals surface area contributed by atoms with E-state index in [4.69, 9.17) is 11.6 Å². The minimum Gasteiger partial charge on any atom is -0.470 e. The van der Waals surface area contributed by atoms with Crippen molar-refractivity contribution in [1.82, 2.24) is 30.4 Å². The number of carbonyl (C=O) groups is 2. The molecule has 14 heteroatoms. The Kier molecular flexibility index (Phi) is 8.43. The molecule has 3 aromatic heterocycles. The van der Waals surface area contributed by atoms with Crippen LogP contribution >= 0.6 is 11.6 Å². The lowest BCUT2D eigenvalue weighted by molar-refractivity contribution is -0.148. The summed E-state index contributed by atoms with van der Waals surface area (Å²) in [6, 6.07) is 3.08. The van der Waals surface area contributed by atoms with Crippen LogP contribution in [-0.4, -0.2) is 63.6 Å². The van der Waals surface area contributed by atoms with E-state index in [1.807, 2.05) is 0 Å². The highest BCUT2D eigenvalue weighted by atomic mass is 35.5. The van der Waals surface area contributed by atoms with Crippen molar-refractivity contribution in [2.45, 2.75) is 32.2 Å². The number of hydrogen-bond donors (Lipinski definition) is 2. The maximum Gasteiger partial charge on any atom is 0.340 e. The van der Waals surface area contributed by atoms with Crippen molar-refractivity contribution in [1.29, 1.82) is 0 Å². The Hall–Kier alpha value is -3.48. The van der Waals surface area contributed by atoms with Crippen LogP contribution in [-0.2, 0) is 22.6 Å². The molecular formula is C21H21ClF4N6O3. The minimum atomic E-state index is -4.33. The highest BCUT2D eigenvalue weighted by Crippen LogP contribution is 2.28. The molecule has 0 unspecified atom stereocenters. The Labute approximate surface area is 201 Å². The normalized spacial score (nSPS) is 11.6. The van der Waals surface area contributed by atoms with Crippen molar-refractivity contribution in [3.05, 3.63) is 47.0 Å². The number of pyridine rings is 2. The van der Waals surface area contributed by atoms with Crippen LogP contribution in [0, 0.1) is 0 Å². The van der Waals surface area contributed by atoms with E-state index in [9.17, 15) is 27.2 Å². The maximum absolute atomic E-state index is 13.0. The Morgan fingerprint density at radius 2 is 1.97 bits per heavy atom. The van der Waals surface area contributed by atoms with Gasteiger partial charge in [-0.3, -0.25) is 19.3 Å². The molecule has 2 N–H and O–H groups in total. The Morgan fingerprint density at radius 3 is 2.66 bits per heavy atom. The first-order valence-electron chi connectivity index (χ1n) is 10.3. The number of fused-ring (bicyclic) bond motifs is 1. The fourth-order valence-electron chi connectivity index (χ4n) is 3.00. The third-order valence-electron chi connectivity index (χ3n) is 4.64. The molecule has 0 bridgehead atoms. The Morgan fingerprint density at radius 1 is 1.23 bits per heavy atom. The van der Waals surface area contributed by atoms with Gasteiger partial charge in [-0.2, -0.15) is 13.9 Å². The van der Waals surface area contributed by atoms with Crippen molar-refractivity contribution in [2.24, 2.45) is 0 Å². The van der Waals surface area contributed by atoms with Gasteiger partial charge in [0.05, 0.1) is 24.2 Å². The van der Waals surface area contributed by atoms with Gasteiger partial charge in [0, 0.05) is 44.0 Å². The van der Waals surface area contributed by atoms with E-state index in [1.165, 1.54) is 25.4 Å². The van der Waals surface area contributed by atoms with Crippen molar-refractivity contribution in [3.8, 4) is 5.88 Å². The number of rotatable bonds is 11. The molecule has 3 rings (SSSR count). The van der Waals surface area contributed by atoms with Crippen molar-refractivity contribution >= 4 is 34.3 Å². The van der Waals surface area contributed by atoms with E-state index in [0.717, 1.165) is 0 Å². The van der Waals surface area contributed by atoms with Gasteiger partial charge in [-0.05, 0) is 17.7 Å². The van der Waals surface area contributed by atoms with Crippen LogP contribution in [0.5, 0.6) is 5.88 Å². The second-order valence-corrected chi connectivity index (χ2v) is 7.91. The van der Waals surface area contributed by atoms with Gasteiger partial charge in [-0.25, -0.2) is 13.8 Å². The van der Waals surface area contributed by atoms with Crippen LogP contribution < -0.4 is 15.4 Å². The zero-order chi connectivity index (χ0) is 25.6.